The Hall–Kier alpha value is -2.02. The van der Waals surface area contributed by atoms with E-state index in [0.29, 0.717) is 18.4 Å². The molecule has 0 radical (unpaired) electrons. The van der Waals surface area contributed by atoms with Gasteiger partial charge in [0.15, 0.2) is 0 Å². The largest absolute Gasteiger partial charge is 0.386 e. The van der Waals surface area contributed by atoms with Gasteiger partial charge in [-0.3, -0.25) is 14.5 Å². The van der Waals surface area contributed by atoms with E-state index in [1.165, 1.54) is 49.5 Å². The van der Waals surface area contributed by atoms with Crippen LogP contribution in [0.5, 0.6) is 0 Å². The molecule has 7 heteroatoms. The van der Waals surface area contributed by atoms with Gasteiger partial charge in [-0.2, -0.15) is 0 Å². The minimum atomic E-state index is -0.0803. The van der Waals surface area contributed by atoms with Gasteiger partial charge >= 0.3 is 0 Å². The van der Waals surface area contributed by atoms with Crippen LogP contribution in [-0.2, 0) is 9.59 Å². The normalized spacial score (nSPS) is 20.0. The minimum absolute atomic E-state index is 0.0393. The zero-order valence-electron chi connectivity index (χ0n) is 18.7. The molecular weight excluding hydrogens is 396 g/mol. The second kappa shape index (κ2) is 12.0. The molecule has 1 heterocycles. The van der Waals surface area contributed by atoms with Crippen molar-refractivity contribution in [1.82, 2.24) is 15.1 Å². The molecule has 166 valence electrons. The van der Waals surface area contributed by atoms with Crippen molar-refractivity contribution in [3.63, 3.8) is 0 Å². The summed E-state index contributed by atoms with van der Waals surface area (Å²) in [7, 11) is 0. The molecule has 1 saturated heterocycles. The molecule has 6 nitrogen and oxygen atoms in total. The Bertz CT molecular complexity index is 712. The lowest BCUT2D eigenvalue weighted by Crippen LogP contribution is -2.34. The standard InChI is InChI=1S/C23H36N4O2S/c1-6-23(19(4)24-15-26(16-28)13-18(3)29)30-20(5)27-11-7-8-21(14-27)12-17(2)25-22-9-10-22/h15-16,21-22,25H,2,5-14H2,1,3-4H3/b23-19+,24-15?. The number of Topliss-reactive ketones (excluding diaryl/α,β-unsaturated/α-hetero) is 1. The Kier molecular flexibility index (Phi) is 9.69. The fourth-order valence-corrected chi connectivity index (χ4v) is 4.51. The SMILES string of the molecule is C=C(CC1CCCN(C(=C)S/C(CC)=C(\C)N=CN(C=O)CC(C)=O)C1)NC1CC1. The van der Waals surface area contributed by atoms with E-state index in [0.717, 1.165) is 41.6 Å². The number of carbonyl (C=O) groups excluding carboxylic acids is 2. The molecule has 0 aromatic heterocycles. The average Bonchev–Trinajstić information content (AvgIpc) is 3.52. The van der Waals surface area contributed by atoms with Gasteiger partial charge in [0.2, 0.25) is 6.41 Å². The summed E-state index contributed by atoms with van der Waals surface area (Å²) in [4.78, 5) is 31.4. The summed E-state index contributed by atoms with van der Waals surface area (Å²) < 4.78 is 0. The Morgan fingerprint density at radius 1 is 1.30 bits per heavy atom. The zero-order valence-corrected chi connectivity index (χ0v) is 19.5. The molecule has 1 unspecified atom stereocenters. The molecule has 0 bridgehead atoms. The Labute approximate surface area is 185 Å². The number of carbonyl (C=O) groups is 2. The first-order chi connectivity index (χ1) is 14.3. The number of thioether (sulfide) groups is 1. The number of nitrogens with zero attached hydrogens (tertiary/aromatic N) is 3. The summed E-state index contributed by atoms with van der Waals surface area (Å²) in [6.07, 6.45) is 8.86. The molecule has 2 rings (SSSR count). The number of hydrogen-bond donors (Lipinski definition) is 1. The van der Waals surface area contributed by atoms with Crippen LogP contribution < -0.4 is 5.32 Å². The van der Waals surface area contributed by atoms with Crippen molar-refractivity contribution in [2.24, 2.45) is 10.9 Å². The smallest absolute Gasteiger partial charge is 0.215 e. The van der Waals surface area contributed by atoms with Gasteiger partial charge < -0.3 is 10.2 Å². The molecule has 1 aliphatic carbocycles. The minimum Gasteiger partial charge on any atom is -0.386 e. The summed E-state index contributed by atoms with van der Waals surface area (Å²) in [5.74, 6) is 0.527. The van der Waals surface area contributed by atoms with Gasteiger partial charge in [0, 0.05) is 35.4 Å². The van der Waals surface area contributed by atoms with Crippen molar-refractivity contribution >= 4 is 30.3 Å². The van der Waals surface area contributed by atoms with Crippen LogP contribution >= 0.6 is 11.8 Å². The molecule has 1 amide bonds. The fourth-order valence-electron chi connectivity index (χ4n) is 3.59. The molecule has 30 heavy (non-hydrogen) atoms. The predicted octanol–water partition coefficient (Wildman–Crippen LogP) is 4.28. The highest BCUT2D eigenvalue weighted by atomic mass is 32.2. The van der Waals surface area contributed by atoms with E-state index in [1.807, 2.05) is 6.92 Å². The van der Waals surface area contributed by atoms with Gasteiger partial charge in [-0.15, -0.1) is 0 Å². The maximum atomic E-state index is 11.2. The van der Waals surface area contributed by atoms with E-state index in [1.54, 1.807) is 11.8 Å². The molecular formula is C23H36N4O2S. The number of likely N-dealkylation sites (tertiary alicyclic amines) is 1. The van der Waals surface area contributed by atoms with Crippen LogP contribution in [0.1, 0.15) is 59.3 Å². The fraction of sp³-hybridized carbons (Fsp3) is 0.609. The predicted molar refractivity (Wildman–Crippen MR) is 126 cm³/mol. The highest BCUT2D eigenvalue weighted by Gasteiger charge is 2.25. The molecule has 1 N–H and O–H groups in total. The Morgan fingerprint density at radius 3 is 2.63 bits per heavy atom. The molecule has 0 spiro atoms. The van der Waals surface area contributed by atoms with Crippen LogP contribution in [0.2, 0.25) is 0 Å². The van der Waals surface area contributed by atoms with Crippen molar-refractivity contribution in [3.8, 4) is 0 Å². The molecule has 0 aromatic carbocycles. The van der Waals surface area contributed by atoms with Gasteiger partial charge in [-0.25, -0.2) is 4.99 Å². The number of hydrogen-bond acceptors (Lipinski definition) is 6. The highest BCUT2D eigenvalue weighted by Crippen LogP contribution is 2.35. The third kappa shape index (κ3) is 8.38. The lowest BCUT2D eigenvalue weighted by atomic mass is 9.94. The van der Waals surface area contributed by atoms with Crippen LogP contribution in [0, 0.1) is 5.92 Å². The number of aliphatic imine (C=N–C) groups is 1. The van der Waals surface area contributed by atoms with E-state index in [2.05, 4.69) is 35.3 Å². The molecule has 1 atom stereocenters. The summed E-state index contributed by atoms with van der Waals surface area (Å²) in [5.41, 5.74) is 2.02. The third-order valence-electron chi connectivity index (χ3n) is 5.30. The maximum absolute atomic E-state index is 11.2. The zero-order chi connectivity index (χ0) is 22.1. The Morgan fingerprint density at radius 2 is 2.03 bits per heavy atom. The number of allylic oxidation sites excluding steroid dienone is 3. The first-order valence-electron chi connectivity index (χ1n) is 10.8. The van der Waals surface area contributed by atoms with Gasteiger partial charge in [0.25, 0.3) is 0 Å². The number of nitrogens with one attached hydrogen (secondary N) is 1. The second-order valence-corrected chi connectivity index (χ2v) is 9.43. The van der Waals surface area contributed by atoms with Crippen LogP contribution in [0.15, 0.2) is 39.5 Å². The highest BCUT2D eigenvalue weighted by molar-refractivity contribution is 8.06. The van der Waals surface area contributed by atoms with Crippen LogP contribution in [0.25, 0.3) is 0 Å². The number of rotatable bonds is 13. The van der Waals surface area contributed by atoms with Crippen LogP contribution in [-0.4, -0.2) is 54.0 Å². The van der Waals surface area contributed by atoms with Gasteiger partial charge in [0.05, 0.1) is 17.9 Å². The second-order valence-electron chi connectivity index (χ2n) is 8.26. The third-order valence-corrected chi connectivity index (χ3v) is 6.62. The van der Waals surface area contributed by atoms with E-state index in [9.17, 15) is 9.59 Å². The quantitative estimate of drug-likeness (QED) is 0.267. The number of ketones is 1. The maximum Gasteiger partial charge on any atom is 0.215 e. The van der Waals surface area contributed by atoms with Crippen LogP contribution in [0.4, 0.5) is 0 Å². The van der Waals surface area contributed by atoms with E-state index < -0.39 is 0 Å². The van der Waals surface area contributed by atoms with Crippen molar-refractivity contribution in [2.75, 3.05) is 19.6 Å². The van der Waals surface area contributed by atoms with E-state index >= 15 is 0 Å². The van der Waals surface area contributed by atoms with Crippen LogP contribution in [0.3, 0.4) is 0 Å². The Balaban J connectivity index is 1.91. The van der Waals surface area contributed by atoms with Gasteiger partial charge in [-0.1, -0.05) is 31.8 Å². The molecule has 1 aliphatic heterocycles. The topological polar surface area (TPSA) is 65.0 Å². The number of amides is 1. The first kappa shape index (κ1) is 24.3. The van der Waals surface area contributed by atoms with Gasteiger partial charge in [-0.05, 0) is 58.3 Å². The number of piperidine rings is 1. The first-order valence-corrected chi connectivity index (χ1v) is 11.6. The molecule has 0 aromatic rings. The van der Waals surface area contributed by atoms with Crippen molar-refractivity contribution in [2.45, 2.75) is 65.3 Å². The lowest BCUT2D eigenvalue weighted by Gasteiger charge is -2.35. The summed E-state index contributed by atoms with van der Waals surface area (Å²) in [6.45, 7) is 16.1. The molecule has 1 saturated carbocycles. The van der Waals surface area contributed by atoms with Crippen molar-refractivity contribution in [1.29, 1.82) is 0 Å². The van der Waals surface area contributed by atoms with E-state index in [-0.39, 0.29) is 12.3 Å². The summed E-state index contributed by atoms with van der Waals surface area (Å²) in [6, 6.07) is 0.661. The monoisotopic (exact) mass is 432 g/mol. The van der Waals surface area contributed by atoms with E-state index in [4.69, 9.17) is 0 Å². The van der Waals surface area contributed by atoms with Gasteiger partial charge in [0.1, 0.15) is 5.78 Å². The summed E-state index contributed by atoms with van der Waals surface area (Å²) >= 11 is 1.66. The van der Waals surface area contributed by atoms with Crippen molar-refractivity contribution in [3.05, 3.63) is 34.5 Å². The molecule has 2 fully saturated rings. The molecule has 2 aliphatic rings. The lowest BCUT2D eigenvalue weighted by molar-refractivity contribution is -0.122. The average molecular weight is 433 g/mol. The van der Waals surface area contributed by atoms with Crippen molar-refractivity contribution < 1.29 is 9.59 Å². The summed E-state index contributed by atoms with van der Waals surface area (Å²) in [5, 5.41) is 4.57.